The molecule has 0 amide bonds. The van der Waals surface area contributed by atoms with Crippen LogP contribution in [-0.2, 0) is 6.42 Å². The monoisotopic (exact) mass is 554 g/mol. The molecule has 0 spiro atoms. The summed E-state index contributed by atoms with van der Waals surface area (Å²) in [6.07, 6.45) is 12.3. The molecule has 4 aromatic carbocycles. The van der Waals surface area contributed by atoms with Crippen LogP contribution in [0.25, 0.3) is 51.3 Å². The number of fused-ring (bicyclic) bond motifs is 4. The van der Waals surface area contributed by atoms with E-state index in [1.165, 1.54) is 109 Å². The molecule has 0 N–H and O–H groups in total. The van der Waals surface area contributed by atoms with E-state index in [1.807, 2.05) is 11.3 Å². The Morgan fingerprint density at radius 3 is 2.00 bits per heavy atom. The van der Waals surface area contributed by atoms with E-state index in [9.17, 15) is 0 Å². The van der Waals surface area contributed by atoms with E-state index in [0.29, 0.717) is 14.5 Å². The number of hydrogen-bond acceptors (Lipinski definition) is 1. The first-order chi connectivity index (χ1) is 17.8. The van der Waals surface area contributed by atoms with Crippen molar-refractivity contribution in [1.82, 2.24) is 0 Å². The first-order valence-corrected chi connectivity index (χ1v) is 16.2. The molecule has 0 aliphatic rings. The van der Waals surface area contributed by atoms with Crippen molar-refractivity contribution in [1.29, 1.82) is 0 Å². The molecule has 182 valence electrons. The Morgan fingerprint density at radius 2 is 1.22 bits per heavy atom. The van der Waals surface area contributed by atoms with Gasteiger partial charge in [0, 0.05) is 0 Å². The topological polar surface area (TPSA) is 0 Å². The van der Waals surface area contributed by atoms with E-state index < -0.39 is 0 Å². The van der Waals surface area contributed by atoms with Crippen molar-refractivity contribution in [3.05, 3.63) is 83.7 Å². The Labute approximate surface area is 224 Å². The fraction of sp³-hybridized carbons (Fsp3) is 0.294. The van der Waals surface area contributed by atoms with E-state index in [2.05, 4.69) is 85.8 Å². The molecule has 0 nitrogen and oxygen atoms in total. The van der Waals surface area contributed by atoms with Gasteiger partial charge in [-0.1, -0.05) is 45.4 Å². The van der Waals surface area contributed by atoms with Gasteiger partial charge in [0.2, 0.25) is 0 Å². The second kappa shape index (κ2) is 10.9. The summed E-state index contributed by atoms with van der Waals surface area (Å²) in [5, 5.41) is 8.29. The van der Waals surface area contributed by atoms with Gasteiger partial charge in [0.25, 0.3) is 0 Å². The number of aryl methyl sites for hydroxylation is 1. The third-order valence-electron chi connectivity index (χ3n) is 7.45. The summed E-state index contributed by atoms with van der Waals surface area (Å²) in [6.45, 7) is 2.29. The molecule has 0 unspecified atom stereocenters. The molecule has 6 rings (SSSR count). The fourth-order valence-corrected chi connectivity index (χ4v) is 8.87. The molecule has 0 aliphatic heterocycles. The van der Waals surface area contributed by atoms with Crippen molar-refractivity contribution in [2.45, 2.75) is 64.7 Å². The second-order valence-electron chi connectivity index (χ2n) is 10.2. The summed E-state index contributed by atoms with van der Waals surface area (Å²) in [5.41, 5.74) is 1.37. The van der Waals surface area contributed by atoms with E-state index in [0.717, 1.165) is 0 Å². The van der Waals surface area contributed by atoms with Crippen LogP contribution in [0, 0.1) is 0 Å². The molecule has 2 aromatic heterocycles. The fourth-order valence-electron chi connectivity index (χ4n) is 5.43. The zero-order valence-corrected chi connectivity index (χ0v) is 23.7. The Hall–Kier alpha value is -2.38. The molecule has 36 heavy (non-hydrogen) atoms. The maximum atomic E-state index is 2.45. The third kappa shape index (κ3) is 5.18. The Balaban J connectivity index is 1.22. The van der Waals surface area contributed by atoms with E-state index in [-0.39, 0.29) is 0 Å². The predicted molar refractivity (Wildman–Crippen MR) is 163 cm³/mol. The van der Waals surface area contributed by atoms with Crippen LogP contribution in [0.15, 0.2) is 78.9 Å². The van der Waals surface area contributed by atoms with Crippen molar-refractivity contribution < 1.29 is 0 Å². The van der Waals surface area contributed by atoms with Crippen molar-refractivity contribution in [3.8, 4) is 10.0 Å². The Kier molecular flexibility index (Phi) is 7.28. The average molecular weight is 554 g/mol. The molecule has 0 fully saturated rings. The predicted octanol–water partition coefficient (Wildman–Crippen LogP) is 10.8. The number of thiophene rings is 1. The molecule has 2 heteroatoms. The SMILES string of the molecule is CCCCCCCCCCc1cc2cc3cc4cc5cc(-c6ccccc6)[se]c5cc4cc3cc2s1. The Bertz CT molecular complexity index is 1530. The number of benzene rings is 4. The standard InChI is InChI=1S/C34H34SSe/c1-2-3-4-5-6-7-8-12-15-31-20-29-18-25-16-26-19-30-23-33(24-13-10-9-11-14-24)36-34(30)22-28(26)17-27(25)21-32(29)35-31/h9-11,13-14,16-23H,2-8,12,15H2,1H3. The van der Waals surface area contributed by atoms with Crippen LogP contribution in [0.5, 0.6) is 0 Å². The summed E-state index contributed by atoms with van der Waals surface area (Å²) in [7, 11) is 0. The first kappa shape index (κ1) is 24.0. The van der Waals surface area contributed by atoms with Crippen LogP contribution in [0.1, 0.15) is 63.2 Å². The zero-order valence-electron chi connectivity index (χ0n) is 21.2. The summed E-state index contributed by atoms with van der Waals surface area (Å²) >= 11 is 2.38. The molecule has 6 aromatic rings. The summed E-state index contributed by atoms with van der Waals surface area (Å²) in [4.78, 5) is 1.55. The van der Waals surface area contributed by atoms with Gasteiger partial charge >= 0.3 is 180 Å². The van der Waals surface area contributed by atoms with Crippen LogP contribution >= 0.6 is 11.3 Å². The van der Waals surface area contributed by atoms with Gasteiger partial charge in [-0.25, -0.2) is 0 Å². The molecule has 0 aliphatic carbocycles. The summed E-state index contributed by atoms with van der Waals surface area (Å²) in [6, 6.07) is 30.2. The minimum absolute atomic E-state index is 0.377. The van der Waals surface area contributed by atoms with Crippen LogP contribution in [0.4, 0.5) is 0 Å². The van der Waals surface area contributed by atoms with Gasteiger partial charge in [-0.2, -0.15) is 0 Å². The van der Waals surface area contributed by atoms with Crippen LogP contribution in [-0.4, -0.2) is 14.5 Å². The minimum atomic E-state index is 0.377. The van der Waals surface area contributed by atoms with Gasteiger partial charge in [-0.15, -0.1) is 0 Å². The molecule has 0 radical (unpaired) electrons. The summed E-state index contributed by atoms with van der Waals surface area (Å²) < 4.78 is 4.44. The van der Waals surface area contributed by atoms with E-state index in [1.54, 1.807) is 4.88 Å². The zero-order chi connectivity index (χ0) is 24.3. The average Bonchev–Trinajstić information content (AvgIpc) is 3.49. The third-order valence-corrected chi connectivity index (χ3v) is 11.0. The molecule has 0 atom stereocenters. The van der Waals surface area contributed by atoms with Gasteiger partial charge in [-0.3, -0.25) is 0 Å². The quantitative estimate of drug-likeness (QED) is 0.0899. The van der Waals surface area contributed by atoms with Crippen LogP contribution in [0.3, 0.4) is 0 Å². The van der Waals surface area contributed by atoms with Gasteiger partial charge in [0.15, 0.2) is 0 Å². The van der Waals surface area contributed by atoms with Gasteiger partial charge < -0.3 is 0 Å². The number of hydrogen-bond donors (Lipinski definition) is 0. The number of rotatable bonds is 10. The normalized spacial score (nSPS) is 11.9. The van der Waals surface area contributed by atoms with E-state index in [4.69, 9.17) is 0 Å². The van der Waals surface area contributed by atoms with Crippen LogP contribution < -0.4 is 0 Å². The van der Waals surface area contributed by atoms with Crippen molar-refractivity contribution >= 4 is 67.1 Å². The molecule has 0 saturated carbocycles. The second-order valence-corrected chi connectivity index (χ2v) is 13.7. The molecule has 2 heterocycles. The Morgan fingerprint density at radius 1 is 0.583 bits per heavy atom. The van der Waals surface area contributed by atoms with E-state index >= 15 is 0 Å². The molecular formula is C34H34SSe. The molecule has 0 saturated heterocycles. The van der Waals surface area contributed by atoms with Crippen molar-refractivity contribution in [3.63, 3.8) is 0 Å². The molecule has 0 bridgehead atoms. The van der Waals surface area contributed by atoms with Gasteiger partial charge in [-0.05, 0) is 0 Å². The maximum absolute atomic E-state index is 2.45. The molecular weight excluding hydrogens is 519 g/mol. The van der Waals surface area contributed by atoms with Crippen molar-refractivity contribution in [2.24, 2.45) is 0 Å². The van der Waals surface area contributed by atoms with Gasteiger partial charge in [0.1, 0.15) is 0 Å². The van der Waals surface area contributed by atoms with Gasteiger partial charge in [0.05, 0.1) is 0 Å². The number of unbranched alkanes of at least 4 members (excludes halogenated alkanes) is 7. The van der Waals surface area contributed by atoms with Crippen LogP contribution in [0.2, 0.25) is 0 Å². The first-order valence-electron chi connectivity index (χ1n) is 13.7. The van der Waals surface area contributed by atoms with Crippen molar-refractivity contribution in [2.75, 3.05) is 0 Å². The summed E-state index contributed by atoms with van der Waals surface area (Å²) in [5.74, 6) is 0.